The molecule has 2 aromatic rings. The van der Waals surface area contributed by atoms with Gasteiger partial charge in [0.05, 0.1) is 20.1 Å². The quantitative estimate of drug-likeness (QED) is 0.816. The molecule has 120 valence electrons. The van der Waals surface area contributed by atoms with E-state index < -0.39 is 0 Å². The van der Waals surface area contributed by atoms with Gasteiger partial charge in [0.25, 0.3) is 0 Å². The van der Waals surface area contributed by atoms with Crippen molar-refractivity contribution >= 4 is 27.5 Å². The molecule has 0 aromatic heterocycles. The Labute approximate surface area is 144 Å². The summed E-state index contributed by atoms with van der Waals surface area (Å²) in [5, 5.41) is 0. The van der Waals surface area contributed by atoms with E-state index in [4.69, 9.17) is 9.47 Å². The number of carbonyl (C=O) groups is 1. The number of fused-ring (bicyclic) bond motifs is 1. The van der Waals surface area contributed by atoms with Crippen molar-refractivity contribution in [1.82, 2.24) is 0 Å². The van der Waals surface area contributed by atoms with Crippen molar-refractivity contribution in [2.75, 3.05) is 26.2 Å². The highest BCUT2D eigenvalue weighted by Gasteiger charge is 2.35. The highest BCUT2D eigenvalue weighted by Crippen LogP contribution is 2.40. The standard InChI is InChI=1S/C18H18BrNO3/c1-20-15-6-5-12(19)10-13(15)14(18(20)21)8-11-4-7-16(22-2)17(9-11)23-3/h4-7,9-10,14H,8H2,1-3H3/t14-/m0/s1. The molecule has 1 heterocycles. The second-order valence-corrected chi connectivity index (χ2v) is 6.46. The Morgan fingerprint density at radius 1 is 1.09 bits per heavy atom. The molecule has 2 aromatic carbocycles. The molecular weight excluding hydrogens is 358 g/mol. The van der Waals surface area contributed by atoms with Crippen LogP contribution in [0.2, 0.25) is 0 Å². The van der Waals surface area contributed by atoms with Crippen LogP contribution in [-0.2, 0) is 11.2 Å². The number of hydrogen-bond donors (Lipinski definition) is 0. The number of hydrogen-bond acceptors (Lipinski definition) is 3. The van der Waals surface area contributed by atoms with Gasteiger partial charge in [-0.1, -0.05) is 22.0 Å². The second-order valence-electron chi connectivity index (χ2n) is 5.55. The maximum Gasteiger partial charge on any atom is 0.234 e. The molecule has 0 N–H and O–H groups in total. The van der Waals surface area contributed by atoms with Crippen LogP contribution >= 0.6 is 15.9 Å². The first-order chi connectivity index (χ1) is 11.0. The van der Waals surface area contributed by atoms with Crippen molar-refractivity contribution in [2.24, 2.45) is 0 Å². The lowest BCUT2D eigenvalue weighted by Crippen LogP contribution is -2.24. The zero-order valence-electron chi connectivity index (χ0n) is 13.3. The Balaban J connectivity index is 1.95. The first kappa shape index (κ1) is 15.9. The predicted octanol–water partition coefficient (Wildman–Crippen LogP) is 3.77. The fraction of sp³-hybridized carbons (Fsp3) is 0.278. The summed E-state index contributed by atoms with van der Waals surface area (Å²) in [6, 6.07) is 11.8. The average Bonchev–Trinajstić information content (AvgIpc) is 2.79. The van der Waals surface area contributed by atoms with Gasteiger partial charge in [-0.15, -0.1) is 0 Å². The van der Waals surface area contributed by atoms with Gasteiger partial charge < -0.3 is 14.4 Å². The third kappa shape index (κ3) is 2.81. The monoisotopic (exact) mass is 375 g/mol. The van der Waals surface area contributed by atoms with Crippen LogP contribution < -0.4 is 14.4 Å². The summed E-state index contributed by atoms with van der Waals surface area (Å²) in [5.74, 6) is 1.31. The second kappa shape index (κ2) is 6.24. The van der Waals surface area contributed by atoms with E-state index >= 15 is 0 Å². The van der Waals surface area contributed by atoms with Gasteiger partial charge in [0.1, 0.15) is 0 Å². The molecule has 0 fully saturated rings. The Hall–Kier alpha value is -2.01. The van der Waals surface area contributed by atoms with Crippen molar-refractivity contribution in [3.63, 3.8) is 0 Å². The molecule has 1 aliphatic rings. The van der Waals surface area contributed by atoms with Crippen LogP contribution in [0.15, 0.2) is 40.9 Å². The van der Waals surface area contributed by atoms with E-state index in [1.807, 2.05) is 43.4 Å². The van der Waals surface area contributed by atoms with E-state index in [-0.39, 0.29) is 11.8 Å². The maximum atomic E-state index is 12.6. The van der Waals surface area contributed by atoms with Gasteiger partial charge in [0.2, 0.25) is 5.91 Å². The zero-order valence-corrected chi connectivity index (χ0v) is 14.9. The van der Waals surface area contributed by atoms with Crippen molar-refractivity contribution < 1.29 is 14.3 Å². The maximum absolute atomic E-state index is 12.6. The van der Waals surface area contributed by atoms with Crippen LogP contribution in [-0.4, -0.2) is 27.2 Å². The fourth-order valence-electron chi connectivity index (χ4n) is 3.04. The normalized spacial score (nSPS) is 16.4. The molecule has 3 rings (SSSR count). The molecule has 0 radical (unpaired) electrons. The van der Waals surface area contributed by atoms with Crippen LogP contribution in [0.25, 0.3) is 0 Å². The minimum atomic E-state index is -0.175. The van der Waals surface area contributed by atoms with Crippen molar-refractivity contribution in [2.45, 2.75) is 12.3 Å². The van der Waals surface area contributed by atoms with Crippen molar-refractivity contribution in [1.29, 1.82) is 0 Å². The van der Waals surface area contributed by atoms with Gasteiger partial charge in [0.15, 0.2) is 11.5 Å². The molecule has 0 unspecified atom stereocenters. The highest BCUT2D eigenvalue weighted by atomic mass is 79.9. The Morgan fingerprint density at radius 2 is 1.83 bits per heavy atom. The summed E-state index contributed by atoms with van der Waals surface area (Å²) in [6.07, 6.45) is 0.632. The van der Waals surface area contributed by atoms with Crippen LogP contribution in [0.5, 0.6) is 11.5 Å². The van der Waals surface area contributed by atoms with Gasteiger partial charge >= 0.3 is 0 Å². The molecule has 5 heteroatoms. The minimum absolute atomic E-state index is 0.118. The third-order valence-electron chi connectivity index (χ3n) is 4.24. The van der Waals surface area contributed by atoms with E-state index in [2.05, 4.69) is 15.9 Å². The molecule has 0 spiro atoms. The first-order valence-corrected chi connectivity index (χ1v) is 8.12. The van der Waals surface area contributed by atoms with Gasteiger partial charge in [-0.05, 0) is 47.9 Å². The molecule has 4 nitrogen and oxygen atoms in total. The Kier molecular flexibility index (Phi) is 4.31. The molecular formula is C18H18BrNO3. The SMILES string of the molecule is COc1ccc(C[C@@H]2C(=O)N(C)c3ccc(Br)cc32)cc1OC. The van der Waals surface area contributed by atoms with Gasteiger partial charge in [-0.25, -0.2) is 0 Å². The van der Waals surface area contributed by atoms with Crippen LogP contribution in [0, 0.1) is 0 Å². The number of likely N-dealkylation sites (N-methyl/N-ethyl adjacent to an activating group) is 1. The summed E-state index contributed by atoms with van der Waals surface area (Å²) in [5.41, 5.74) is 3.08. The molecule has 0 aliphatic carbocycles. The van der Waals surface area contributed by atoms with Gasteiger partial charge in [0, 0.05) is 17.2 Å². The largest absolute Gasteiger partial charge is 0.493 e. The number of halogens is 1. The van der Waals surface area contributed by atoms with Gasteiger partial charge in [-0.3, -0.25) is 4.79 Å². The first-order valence-electron chi connectivity index (χ1n) is 7.33. The van der Waals surface area contributed by atoms with Crippen LogP contribution in [0.3, 0.4) is 0 Å². The number of benzene rings is 2. The number of ether oxygens (including phenoxy) is 2. The molecule has 1 atom stereocenters. The minimum Gasteiger partial charge on any atom is -0.493 e. The van der Waals surface area contributed by atoms with E-state index in [1.54, 1.807) is 19.1 Å². The summed E-state index contributed by atoms with van der Waals surface area (Å²) in [6.45, 7) is 0. The molecule has 1 aliphatic heterocycles. The number of amides is 1. The number of carbonyl (C=O) groups excluding carboxylic acids is 1. The highest BCUT2D eigenvalue weighted by molar-refractivity contribution is 9.10. The van der Waals surface area contributed by atoms with E-state index in [0.29, 0.717) is 17.9 Å². The number of methoxy groups -OCH3 is 2. The molecule has 1 amide bonds. The van der Waals surface area contributed by atoms with Crippen LogP contribution in [0.4, 0.5) is 5.69 Å². The Morgan fingerprint density at radius 3 is 2.52 bits per heavy atom. The molecule has 0 saturated heterocycles. The lowest BCUT2D eigenvalue weighted by Gasteiger charge is -2.13. The van der Waals surface area contributed by atoms with E-state index in [9.17, 15) is 4.79 Å². The summed E-state index contributed by atoms with van der Waals surface area (Å²) < 4.78 is 11.6. The number of rotatable bonds is 4. The van der Waals surface area contributed by atoms with Gasteiger partial charge in [-0.2, -0.15) is 0 Å². The molecule has 23 heavy (non-hydrogen) atoms. The third-order valence-corrected chi connectivity index (χ3v) is 4.74. The summed E-state index contributed by atoms with van der Waals surface area (Å²) >= 11 is 3.49. The summed E-state index contributed by atoms with van der Waals surface area (Å²) in [7, 11) is 5.05. The lowest BCUT2D eigenvalue weighted by atomic mass is 9.93. The number of anilines is 1. The smallest absolute Gasteiger partial charge is 0.234 e. The zero-order chi connectivity index (χ0) is 16.6. The van der Waals surface area contributed by atoms with Crippen molar-refractivity contribution in [3.05, 3.63) is 52.0 Å². The Bertz CT molecular complexity index is 760. The van der Waals surface area contributed by atoms with Crippen LogP contribution in [0.1, 0.15) is 17.0 Å². The average molecular weight is 376 g/mol. The van der Waals surface area contributed by atoms with E-state index in [1.165, 1.54) is 0 Å². The number of nitrogens with zero attached hydrogens (tertiary/aromatic N) is 1. The molecule has 0 bridgehead atoms. The predicted molar refractivity (Wildman–Crippen MR) is 93.5 cm³/mol. The topological polar surface area (TPSA) is 38.8 Å². The summed E-state index contributed by atoms with van der Waals surface area (Å²) in [4.78, 5) is 14.3. The lowest BCUT2D eigenvalue weighted by molar-refractivity contribution is -0.119. The van der Waals surface area contributed by atoms with Crippen molar-refractivity contribution in [3.8, 4) is 11.5 Å². The van der Waals surface area contributed by atoms with E-state index in [0.717, 1.165) is 21.3 Å². The fourth-order valence-corrected chi connectivity index (χ4v) is 3.41. The molecule has 0 saturated carbocycles.